The molecule has 1 spiro atoms. The minimum atomic E-state index is -3.97. The molecule has 0 radical (unpaired) electrons. The summed E-state index contributed by atoms with van der Waals surface area (Å²) in [5, 5.41) is 0. The van der Waals surface area contributed by atoms with Crippen LogP contribution in [0.2, 0.25) is 0 Å². The molecule has 0 aromatic heterocycles. The third kappa shape index (κ3) is 2.94. The molecule has 2 aliphatic rings. The topological polar surface area (TPSA) is 80.8 Å². The molecule has 1 aromatic rings. The number of carbonyl (C=O) groups excluding carboxylic acids is 2. The molecule has 0 bridgehead atoms. The van der Waals surface area contributed by atoms with Crippen molar-refractivity contribution >= 4 is 21.8 Å². The van der Waals surface area contributed by atoms with Crippen LogP contribution in [-0.2, 0) is 24.3 Å². The van der Waals surface area contributed by atoms with Crippen molar-refractivity contribution in [2.75, 3.05) is 7.11 Å². The van der Waals surface area contributed by atoms with Crippen molar-refractivity contribution in [3.63, 3.8) is 0 Å². The summed E-state index contributed by atoms with van der Waals surface area (Å²) >= 11 is 0. The fraction of sp³-hybridized carbons (Fsp3) is 0.333. The summed E-state index contributed by atoms with van der Waals surface area (Å²) in [6.07, 6.45) is 6.53. The van der Waals surface area contributed by atoms with Crippen LogP contribution in [0.4, 0.5) is 0 Å². The summed E-state index contributed by atoms with van der Waals surface area (Å²) in [4.78, 5) is 23.8. The highest BCUT2D eigenvalue weighted by Gasteiger charge is 2.53. The predicted octanol–water partition coefficient (Wildman–Crippen LogP) is 1.76. The molecule has 1 aliphatic heterocycles. The molecule has 1 saturated heterocycles. The Kier molecular flexibility index (Phi) is 4.38. The van der Waals surface area contributed by atoms with Gasteiger partial charge in [0.05, 0.1) is 17.5 Å². The Labute approximate surface area is 146 Å². The number of nitrogens with zero attached hydrogens (tertiary/aromatic N) is 1. The Balaban J connectivity index is 2.13. The maximum Gasteiger partial charge on any atom is 0.324 e. The molecular formula is C18H19NO5S. The molecule has 1 aliphatic carbocycles. The largest absolute Gasteiger partial charge is 0.468 e. The lowest BCUT2D eigenvalue weighted by Gasteiger charge is -2.36. The summed E-state index contributed by atoms with van der Waals surface area (Å²) in [6.45, 7) is 1.86. The molecule has 0 saturated carbocycles. The van der Waals surface area contributed by atoms with Gasteiger partial charge in [-0.3, -0.25) is 9.59 Å². The molecule has 0 unspecified atom stereocenters. The van der Waals surface area contributed by atoms with Crippen LogP contribution in [0.25, 0.3) is 0 Å². The van der Waals surface area contributed by atoms with E-state index in [9.17, 15) is 18.0 Å². The first-order valence-corrected chi connectivity index (χ1v) is 9.36. The molecule has 1 aromatic carbocycles. The lowest BCUT2D eigenvalue weighted by atomic mass is 9.92. The van der Waals surface area contributed by atoms with Gasteiger partial charge in [-0.2, -0.15) is 4.31 Å². The van der Waals surface area contributed by atoms with Gasteiger partial charge in [0.25, 0.3) is 0 Å². The maximum absolute atomic E-state index is 13.3. The average Bonchev–Trinajstić information content (AvgIpc) is 2.97. The molecule has 1 fully saturated rings. The summed E-state index contributed by atoms with van der Waals surface area (Å²) in [7, 11) is -2.73. The predicted molar refractivity (Wildman–Crippen MR) is 91.3 cm³/mol. The molecule has 0 amide bonds. The maximum atomic E-state index is 13.3. The first-order valence-electron chi connectivity index (χ1n) is 7.92. The number of ether oxygens (including phenoxy) is 1. The molecule has 6 nitrogen and oxygen atoms in total. The van der Waals surface area contributed by atoms with Gasteiger partial charge < -0.3 is 4.74 Å². The molecule has 1 atom stereocenters. The monoisotopic (exact) mass is 361 g/mol. The molecule has 0 N–H and O–H groups in total. The third-order valence-electron chi connectivity index (χ3n) is 4.64. The van der Waals surface area contributed by atoms with Gasteiger partial charge in [0.15, 0.2) is 5.78 Å². The van der Waals surface area contributed by atoms with E-state index in [4.69, 9.17) is 4.74 Å². The summed E-state index contributed by atoms with van der Waals surface area (Å²) in [6, 6.07) is 5.52. The van der Waals surface area contributed by atoms with Crippen molar-refractivity contribution in [2.45, 2.75) is 36.2 Å². The summed E-state index contributed by atoms with van der Waals surface area (Å²) < 4.78 is 32.6. The molecule has 1 heterocycles. The van der Waals surface area contributed by atoms with Gasteiger partial charge in [-0.15, -0.1) is 0 Å². The van der Waals surface area contributed by atoms with E-state index in [1.54, 1.807) is 24.3 Å². The van der Waals surface area contributed by atoms with Gasteiger partial charge in [-0.1, -0.05) is 29.8 Å². The van der Waals surface area contributed by atoms with Crippen molar-refractivity contribution in [3.05, 3.63) is 54.1 Å². The lowest BCUT2D eigenvalue weighted by Crippen LogP contribution is -2.51. The zero-order chi connectivity index (χ0) is 18.2. The van der Waals surface area contributed by atoms with E-state index in [-0.39, 0.29) is 10.7 Å². The second-order valence-corrected chi connectivity index (χ2v) is 8.07. The average molecular weight is 361 g/mol. The third-order valence-corrected chi connectivity index (χ3v) is 6.62. The molecule has 25 heavy (non-hydrogen) atoms. The van der Waals surface area contributed by atoms with Gasteiger partial charge in [0.1, 0.15) is 6.04 Å². The van der Waals surface area contributed by atoms with Crippen LogP contribution in [0, 0.1) is 6.92 Å². The Hall–Kier alpha value is -2.25. The minimum Gasteiger partial charge on any atom is -0.468 e. The molecule has 3 rings (SSSR count). The van der Waals surface area contributed by atoms with Crippen LogP contribution in [0.3, 0.4) is 0 Å². The van der Waals surface area contributed by atoms with Crippen LogP contribution in [-0.4, -0.2) is 43.2 Å². The molecule has 7 heteroatoms. The number of carbonyl (C=O) groups is 2. The number of hydrogen-bond donors (Lipinski definition) is 0. The van der Waals surface area contributed by atoms with Crippen LogP contribution >= 0.6 is 0 Å². The smallest absolute Gasteiger partial charge is 0.324 e. The van der Waals surface area contributed by atoms with Gasteiger partial charge in [0.2, 0.25) is 10.0 Å². The zero-order valence-electron chi connectivity index (χ0n) is 14.0. The second-order valence-electron chi connectivity index (χ2n) is 6.25. The SMILES string of the molecule is COC(=O)[C@H]1CCC2(C=CC(=O)C=C2)N1S(=O)(=O)c1ccc(C)cc1. The first-order chi connectivity index (χ1) is 11.8. The van der Waals surface area contributed by atoms with Crippen molar-refractivity contribution in [1.82, 2.24) is 4.31 Å². The van der Waals surface area contributed by atoms with E-state index in [2.05, 4.69) is 0 Å². The van der Waals surface area contributed by atoms with Gasteiger partial charge in [0, 0.05) is 0 Å². The van der Waals surface area contributed by atoms with E-state index in [1.807, 2.05) is 6.92 Å². The lowest BCUT2D eigenvalue weighted by molar-refractivity contribution is -0.144. The van der Waals surface area contributed by atoms with E-state index < -0.39 is 27.6 Å². The number of benzene rings is 1. The van der Waals surface area contributed by atoms with Crippen LogP contribution in [0.5, 0.6) is 0 Å². The number of methoxy groups -OCH3 is 1. The van der Waals surface area contributed by atoms with Gasteiger partial charge in [-0.25, -0.2) is 8.42 Å². The van der Waals surface area contributed by atoms with Crippen molar-refractivity contribution in [2.24, 2.45) is 0 Å². The molecular weight excluding hydrogens is 342 g/mol. The Morgan fingerprint density at radius 3 is 2.36 bits per heavy atom. The van der Waals surface area contributed by atoms with Gasteiger partial charge >= 0.3 is 5.97 Å². The Morgan fingerprint density at radius 1 is 1.20 bits per heavy atom. The highest BCUT2D eigenvalue weighted by Crippen LogP contribution is 2.42. The first kappa shape index (κ1) is 17.6. The van der Waals surface area contributed by atoms with Crippen LogP contribution in [0.1, 0.15) is 18.4 Å². The zero-order valence-corrected chi connectivity index (χ0v) is 14.8. The van der Waals surface area contributed by atoms with Crippen LogP contribution in [0.15, 0.2) is 53.5 Å². The van der Waals surface area contributed by atoms with E-state index in [1.165, 1.54) is 35.7 Å². The summed E-state index contributed by atoms with van der Waals surface area (Å²) in [5.41, 5.74) is -0.0982. The Morgan fingerprint density at radius 2 is 1.80 bits per heavy atom. The van der Waals surface area contributed by atoms with Crippen LogP contribution < -0.4 is 0 Å². The fourth-order valence-electron chi connectivity index (χ4n) is 3.33. The number of esters is 1. The number of allylic oxidation sites excluding steroid dienone is 2. The highest BCUT2D eigenvalue weighted by atomic mass is 32.2. The van der Waals surface area contributed by atoms with Crippen molar-refractivity contribution < 1.29 is 22.7 Å². The summed E-state index contributed by atoms with van der Waals surface area (Å²) in [5.74, 6) is -0.814. The van der Waals surface area contributed by atoms with Gasteiger partial charge in [-0.05, 0) is 44.1 Å². The number of sulfonamides is 1. The normalized spacial score (nSPS) is 22.5. The van der Waals surface area contributed by atoms with Crippen molar-refractivity contribution in [3.8, 4) is 0 Å². The molecule has 132 valence electrons. The van der Waals surface area contributed by atoms with E-state index in [0.29, 0.717) is 12.8 Å². The van der Waals surface area contributed by atoms with E-state index in [0.717, 1.165) is 5.56 Å². The number of ketones is 1. The second kappa shape index (κ2) is 6.24. The standard InChI is InChI=1S/C18H19NO5S/c1-13-3-5-15(6-4-13)25(22,23)19-16(17(21)24-2)9-12-18(19)10-7-14(20)8-11-18/h3-8,10-11,16H,9,12H2,1-2H3/t16-/m1/s1. The number of rotatable bonds is 3. The fourth-order valence-corrected chi connectivity index (χ4v) is 5.22. The van der Waals surface area contributed by atoms with E-state index >= 15 is 0 Å². The Bertz CT molecular complexity index is 851. The minimum absolute atomic E-state index is 0.104. The highest BCUT2D eigenvalue weighted by molar-refractivity contribution is 7.89. The van der Waals surface area contributed by atoms with Crippen molar-refractivity contribution in [1.29, 1.82) is 0 Å². The number of hydrogen-bond acceptors (Lipinski definition) is 5. The quantitative estimate of drug-likeness (QED) is 0.766. The number of aryl methyl sites for hydroxylation is 1.